The number of aryl methyl sites for hydroxylation is 1. The first-order chi connectivity index (χ1) is 8.40. The maximum absolute atomic E-state index is 12.4. The molecule has 1 aromatic rings. The number of carbonyl (C=O) groups excluding carboxylic acids is 1. The Kier molecular flexibility index (Phi) is 4.81. The van der Waals surface area contributed by atoms with E-state index in [1.54, 1.807) is 18.2 Å². The summed E-state index contributed by atoms with van der Waals surface area (Å²) in [5.74, 6) is -0.486. The van der Waals surface area contributed by atoms with Gasteiger partial charge < -0.3 is 10.6 Å². The topological polar surface area (TPSA) is 46.3 Å². The highest BCUT2D eigenvalue weighted by Gasteiger charge is 2.36. The summed E-state index contributed by atoms with van der Waals surface area (Å²) in [4.78, 5) is 12.4. The highest BCUT2D eigenvalue weighted by atomic mass is 35.5. The van der Waals surface area contributed by atoms with Crippen LogP contribution in [0.2, 0.25) is 0 Å². The van der Waals surface area contributed by atoms with Crippen LogP contribution in [0.25, 0.3) is 0 Å². The van der Waals surface area contributed by atoms with Crippen LogP contribution in [0, 0.1) is 0 Å². The van der Waals surface area contributed by atoms with Gasteiger partial charge in [0.15, 0.2) is 0 Å². The van der Waals surface area contributed by atoms with Crippen LogP contribution in [-0.4, -0.2) is 18.6 Å². The number of carbonyl (C=O) groups is 1. The lowest BCUT2D eigenvalue weighted by atomic mass is 9.98. The number of rotatable bonds is 2. The van der Waals surface area contributed by atoms with Crippen molar-refractivity contribution in [3.05, 3.63) is 29.3 Å². The number of nitrogens with zero attached hydrogens (tertiary/aromatic N) is 1. The van der Waals surface area contributed by atoms with Gasteiger partial charge in [-0.3, -0.25) is 4.79 Å². The molecule has 1 heterocycles. The van der Waals surface area contributed by atoms with Gasteiger partial charge >= 0.3 is 6.18 Å². The van der Waals surface area contributed by atoms with Crippen LogP contribution in [0.1, 0.15) is 17.5 Å². The third-order valence-electron chi connectivity index (χ3n) is 2.92. The first-order valence-corrected chi connectivity index (χ1v) is 5.60. The number of amides is 1. The number of nitrogens with two attached hydrogens (primary N) is 1. The number of hydrogen-bond donors (Lipinski definition) is 1. The van der Waals surface area contributed by atoms with Gasteiger partial charge in [0.25, 0.3) is 0 Å². The average Bonchev–Trinajstić information content (AvgIpc) is 2.31. The molecule has 2 N–H and O–H groups in total. The normalized spacial score (nSPS) is 14.9. The monoisotopic (exact) mass is 294 g/mol. The maximum atomic E-state index is 12.4. The fourth-order valence-corrected chi connectivity index (χ4v) is 2.09. The first kappa shape index (κ1) is 15.8. The predicted molar refractivity (Wildman–Crippen MR) is 68.3 cm³/mol. The number of fused-ring (bicyclic) bond motifs is 1. The van der Waals surface area contributed by atoms with Crippen LogP contribution < -0.4 is 10.6 Å². The molecule has 0 atom stereocenters. The standard InChI is InChI=1S/C12H13F3N2O.ClH/c13-12(14,15)7-17-10-3-1-8(6-16)5-9(10)2-4-11(17)18;/h1,3,5H,2,4,6-7,16H2;1H. The molecule has 1 amide bonds. The van der Waals surface area contributed by atoms with Gasteiger partial charge in [-0.05, 0) is 23.6 Å². The zero-order valence-electron chi connectivity index (χ0n) is 10.0. The molecule has 1 aliphatic heterocycles. The summed E-state index contributed by atoms with van der Waals surface area (Å²) < 4.78 is 37.3. The molecule has 1 aliphatic rings. The minimum Gasteiger partial charge on any atom is -0.326 e. The van der Waals surface area contributed by atoms with Crippen molar-refractivity contribution in [3.8, 4) is 0 Å². The zero-order chi connectivity index (χ0) is 13.3. The Hall–Kier alpha value is -1.27. The molecule has 0 unspecified atom stereocenters. The molecule has 7 heteroatoms. The summed E-state index contributed by atoms with van der Waals surface area (Å²) in [6.07, 6.45) is -3.82. The first-order valence-electron chi connectivity index (χ1n) is 5.60. The molecule has 0 aromatic heterocycles. The van der Waals surface area contributed by atoms with E-state index in [-0.39, 0.29) is 18.8 Å². The Bertz CT molecular complexity index is 477. The average molecular weight is 295 g/mol. The summed E-state index contributed by atoms with van der Waals surface area (Å²) >= 11 is 0. The van der Waals surface area contributed by atoms with Gasteiger partial charge in [-0.1, -0.05) is 12.1 Å². The third-order valence-corrected chi connectivity index (χ3v) is 2.92. The van der Waals surface area contributed by atoms with Crippen LogP contribution in [0.4, 0.5) is 18.9 Å². The summed E-state index contributed by atoms with van der Waals surface area (Å²) in [6.45, 7) is -0.901. The second-order valence-electron chi connectivity index (χ2n) is 4.26. The van der Waals surface area contributed by atoms with Crippen molar-refractivity contribution in [2.75, 3.05) is 11.4 Å². The van der Waals surface area contributed by atoms with E-state index in [1.807, 2.05) is 0 Å². The van der Waals surface area contributed by atoms with E-state index in [2.05, 4.69) is 0 Å². The largest absolute Gasteiger partial charge is 0.406 e. The molecule has 3 nitrogen and oxygen atoms in total. The van der Waals surface area contributed by atoms with Gasteiger partial charge in [-0.2, -0.15) is 13.2 Å². The molecule has 0 fully saturated rings. The van der Waals surface area contributed by atoms with Gasteiger partial charge in [0, 0.05) is 18.7 Å². The number of halogens is 4. The Labute approximate surface area is 115 Å². The van der Waals surface area contributed by atoms with Crippen LogP contribution in [0.3, 0.4) is 0 Å². The lowest BCUT2D eigenvalue weighted by Crippen LogP contribution is -2.41. The van der Waals surface area contributed by atoms with E-state index in [4.69, 9.17) is 5.73 Å². The fraction of sp³-hybridized carbons (Fsp3) is 0.417. The van der Waals surface area contributed by atoms with E-state index < -0.39 is 18.6 Å². The summed E-state index contributed by atoms with van der Waals surface area (Å²) in [7, 11) is 0. The van der Waals surface area contributed by atoms with Gasteiger partial charge in [-0.15, -0.1) is 12.4 Å². The molecule has 0 spiro atoms. The molecule has 0 aliphatic carbocycles. The molecule has 1 aromatic carbocycles. The second kappa shape index (κ2) is 5.79. The molecule has 0 saturated carbocycles. The summed E-state index contributed by atoms with van der Waals surface area (Å²) in [5.41, 5.74) is 7.44. The summed E-state index contributed by atoms with van der Waals surface area (Å²) in [6, 6.07) is 4.96. The van der Waals surface area contributed by atoms with E-state index in [9.17, 15) is 18.0 Å². The molecular weight excluding hydrogens is 281 g/mol. The number of alkyl halides is 3. The van der Waals surface area contributed by atoms with Crippen molar-refractivity contribution in [1.29, 1.82) is 0 Å². The van der Waals surface area contributed by atoms with Gasteiger partial charge in [0.05, 0.1) is 0 Å². The molecule has 19 heavy (non-hydrogen) atoms. The van der Waals surface area contributed by atoms with Crippen LogP contribution in [0.5, 0.6) is 0 Å². The van der Waals surface area contributed by atoms with Crippen molar-refractivity contribution in [1.82, 2.24) is 0 Å². The van der Waals surface area contributed by atoms with Crippen LogP contribution >= 0.6 is 12.4 Å². The quantitative estimate of drug-likeness (QED) is 0.910. The van der Waals surface area contributed by atoms with Crippen molar-refractivity contribution in [3.63, 3.8) is 0 Å². The highest BCUT2D eigenvalue weighted by molar-refractivity contribution is 5.96. The fourth-order valence-electron chi connectivity index (χ4n) is 2.09. The smallest absolute Gasteiger partial charge is 0.326 e. The lowest BCUT2D eigenvalue weighted by Gasteiger charge is -2.30. The third kappa shape index (κ3) is 3.61. The predicted octanol–water partition coefficient (Wildman–Crippen LogP) is 2.41. The van der Waals surface area contributed by atoms with Crippen molar-refractivity contribution < 1.29 is 18.0 Å². The molecule has 2 rings (SSSR count). The Morgan fingerprint density at radius 3 is 2.53 bits per heavy atom. The van der Waals surface area contributed by atoms with Crippen LogP contribution in [-0.2, 0) is 17.8 Å². The van der Waals surface area contributed by atoms with Crippen molar-refractivity contribution in [2.24, 2.45) is 5.73 Å². The Balaban J connectivity index is 0.00000180. The molecular formula is C12H14ClF3N2O. The van der Waals surface area contributed by atoms with E-state index in [1.165, 1.54) is 0 Å². The maximum Gasteiger partial charge on any atom is 0.406 e. The second-order valence-corrected chi connectivity index (χ2v) is 4.26. The number of hydrogen-bond acceptors (Lipinski definition) is 2. The lowest BCUT2D eigenvalue weighted by molar-refractivity contribution is -0.132. The SMILES string of the molecule is Cl.NCc1ccc2c(c1)CCC(=O)N2CC(F)(F)F. The van der Waals surface area contributed by atoms with E-state index in [0.29, 0.717) is 18.7 Å². The van der Waals surface area contributed by atoms with Gasteiger partial charge in [0.1, 0.15) is 6.54 Å². The van der Waals surface area contributed by atoms with Gasteiger partial charge in [-0.25, -0.2) is 0 Å². The zero-order valence-corrected chi connectivity index (χ0v) is 10.9. The number of benzene rings is 1. The molecule has 0 saturated heterocycles. The van der Waals surface area contributed by atoms with E-state index >= 15 is 0 Å². The summed E-state index contributed by atoms with van der Waals surface area (Å²) in [5, 5.41) is 0. The Morgan fingerprint density at radius 2 is 1.95 bits per heavy atom. The van der Waals surface area contributed by atoms with Crippen molar-refractivity contribution >= 4 is 24.0 Å². The highest BCUT2D eigenvalue weighted by Crippen LogP contribution is 2.31. The van der Waals surface area contributed by atoms with Crippen molar-refractivity contribution in [2.45, 2.75) is 25.6 Å². The molecule has 0 bridgehead atoms. The number of anilines is 1. The van der Waals surface area contributed by atoms with Crippen LogP contribution in [0.15, 0.2) is 18.2 Å². The van der Waals surface area contributed by atoms with Gasteiger partial charge in [0.2, 0.25) is 5.91 Å². The molecule has 0 radical (unpaired) electrons. The Morgan fingerprint density at radius 1 is 1.26 bits per heavy atom. The molecule has 106 valence electrons. The van der Waals surface area contributed by atoms with E-state index in [0.717, 1.165) is 16.0 Å². The minimum atomic E-state index is -4.39. The minimum absolute atomic E-state index is 0.